The van der Waals surface area contributed by atoms with Gasteiger partial charge in [0.2, 0.25) is 5.88 Å². The lowest BCUT2D eigenvalue weighted by Crippen LogP contribution is -2.03. The number of fused-ring (bicyclic) bond motifs is 1. The summed E-state index contributed by atoms with van der Waals surface area (Å²) in [7, 11) is 0. The zero-order valence-corrected chi connectivity index (χ0v) is 16.1. The van der Waals surface area contributed by atoms with Gasteiger partial charge in [-0.1, -0.05) is 11.6 Å². The van der Waals surface area contributed by atoms with E-state index in [1.54, 1.807) is 18.3 Å². The number of aliphatic hydroxyl groups excluding tert-OH is 1. The Morgan fingerprint density at radius 1 is 1.17 bits per heavy atom. The first kappa shape index (κ1) is 18.9. The van der Waals surface area contributed by atoms with Crippen LogP contribution in [0.1, 0.15) is 5.69 Å². The molecule has 4 rings (SSSR count). The number of halogens is 1. The van der Waals surface area contributed by atoms with Crippen LogP contribution in [-0.2, 0) is 0 Å². The smallest absolute Gasteiger partial charge is 0.246 e. The maximum atomic E-state index is 8.98. The van der Waals surface area contributed by atoms with Gasteiger partial charge in [0.15, 0.2) is 5.65 Å². The molecule has 29 heavy (non-hydrogen) atoms. The van der Waals surface area contributed by atoms with Crippen LogP contribution >= 0.6 is 11.6 Å². The molecule has 3 heterocycles. The summed E-state index contributed by atoms with van der Waals surface area (Å²) < 4.78 is 11.2. The van der Waals surface area contributed by atoms with Gasteiger partial charge < -0.3 is 19.9 Å². The SMILES string of the molecule is Cc1ccc(Oc2ccc(Nc3ncnc4[nH]nc(OCCO)c34)cc2Cl)cn1. The Labute approximate surface area is 170 Å². The Hall–Kier alpha value is -3.43. The molecule has 1 aromatic carbocycles. The van der Waals surface area contributed by atoms with E-state index in [1.165, 1.54) is 6.33 Å². The fourth-order valence-electron chi connectivity index (χ4n) is 2.61. The average Bonchev–Trinajstić information content (AvgIpc) is 3.14. The zero-order valence-electron chi connectivity index (χ0n) is 15.4. The van der Waals surface area contributed by atoms with Crippen LogP contribution in [0.2, 0.25) is 5.02 Å². The summed E-state index contributed by atoms with van der Waals surface area (Å²) in [5, 5.41) is 20.0. The molecule has 10 heteroatoms. The van der Waals surface area contributed by atoms with Crippen molar-refractivity contribution < 1.29 is 14.6 Å². The number of hydrogen-bond acceptors (Lipinski definition) is 8. The van der Waals surface area contributed by atoms with Gasteiger partial charge in [0, 0.05) is 11.4 Å². The molecule has 148 valence electrons. The third kappa shape index (κ3) is 4.20. The summed E-state index contributed by atoms with van der Waals surface area (Å²) in [4.78, 5) is 12.6. The average molecular weight is 413 g/mol. The summed E-state index contributed by atoms with van der Waals surface area (Å²) in [6, 6.07) is 8.98. The molecule has 0 fully saturated rings. The number of ether oxygens (including phenoxy) is 2. The number of benzene rings is 1. The highest BCUT2D eigenvalue weighted by Crippen LogP contribution is 2.34. The van der Waals surface area contributed by atoms with E-state index in [1.807, 2.05) is 25.1 Å². The minimum absolute atomic E-state index is 0.111. The third-order valence-electron chi connectivity index (χ3n) is 3.96. The van der Waals surface area contributed by atoms with Crippen LogP contribution < -0.4 is 14.8 Å². The van der Waals surface area contributed by atoms with Gasteiger partial charge in [-0.3, -0.25) is 10.1 Å². The summed E-state index contributed by atoms with van der Waals surface area (Å²) >= 11 is 6.38. The molecule has 3 aromatic heterocycles. The highest BCUT2D eigenvalue weighted by atomic mass is 35.5. The highest BCUT2D eigenvalue weighted by Gasteiger charge is 2.15. The van der Waals surface area contributed by atoms with E-state index >= 15 is 0 Å². The molecule has 0 saturated carbocycles. The molecular formula is C19H17ClN6O3. The first-order valence-electron chi connectivity index (χ1n) is 8.74. The van der Waals surface area contributed by atoms with Gasteiger partial charge in [0.25, 0.3) is 0 Å². The van der Waals surface area contributed by atoms with E-state index in [2.05, 4.69) is 30.5 Å². The van der Waals surface area contributed by atoms with Gasteiger partial charge >= 0.3 is 0 Å². The second-order valence-corrected chi connectivity index (χ2v) is 6.46. The first-order chi connectivity index (χ1) is 14.1. The van der Waals surface area contributed by atoms with Gasteiger partial charge in [0.1, 0.15) is 35.6 Å². The molecule has 0 saturated heterocycles. The van der Waals surface area contributed by atoms with Crippen molar-refractivity contribution in [3.05, 3.63) is 53.6 Å². The van der Waals surface area contributed by atoms with Crippen molar-refractivity contribution in [2.24, 2.45) is 0 Å². The molecule has 4 aromatic rings. The number of pyridine rings is 1. The standard InChI is InChI=1S/C19H17ClN6O3/c1-11-2-4-13(9-21-11)29-15-5-3-12(8-14(15)20)24-17-16-18(23-10-22-17)25-26-19(16)28-7-6-27/h2-5,8-10,27H,6-7H2,1H3,(H2,22,23,24,25,26). The minimum atomic E-state index is -0.127. The van der Waals surface area contributed by atoms with Crippen LogP contribution in [0.5, 0.6) is 17.4 Å². The number of nitrogens with zero attached hydrogens (tertiary/aromatic N) is 4. The van der Waals surface area contributed by atoms with Crippen molar-refractivity contribution in [2.75, 3.05) is 18.5 Å². The van der Waals surface area contributed by atoms with Crippen LogP contribution in [0.15, 0.2) is 42.9 Å². The number of rotatable bonds is 7. The Morgan fingerprint density at radius 2 is 2.07 bits per heavy atom. The Kier molecular flexibility index (Phi) is 5.41. The van der Waals surface area contributed by atoms with E-state index in [0.717, 1.165) is 5.69 Å². The lowest BCUT2D eigenvalue weighted by Gasteiger charge is -2.11. The largest absolute Gasteiger partial charge is 0.474 e. The van der Waals surface area contributed by atoms with Crippen LogP contribution in [0.25, 0.3) is 11.0 Å². The van der Waals surface area contributed by atoms with E-state index in [9.17, 15) is 0 Å². The quantitative estimate of drug-likeness (QED) is 0.421. The zero-order chi connectivity index (χ0) is 20.2. The van der Waals surface area contributed by atoms with Gasteiger partial charge in [-0.05, 0) is 37.3 Å². The van der Waals surface area contributed by atoms with Crippen LogP contribution in [-0.4, -0.2) is 43.5 Å². The predicted molar refractivity (Wildman–Crippen MR) is 108 cm³/mol. The minimum Gasteiger partial charge on any atom is -0.474 e. The maximum Gasteiger partial charge on any atom is 0.246 e. The monoisotopic (exact) mass is 412 g/mol. The molecule has 9 nitrogen and oxygen atoms in total. The van der Waals surface area contributed by atoms with Crippen molar-refractivity contribution in [1.82, 2.24) is 25.1 Å². The van der Waals surface area contributed by atoms with Crippen molar-refractivity contribution in [3.8, 4) is 17.4 Å². The normalized spacial score (nSPS) is 10.9. The van der Waals surface area contributed by atoms with Crippen LogP contribution in [0, 0.1) is 6.92 Å². The Balaban J connectivity index is 1.57. The summed E-state index contributed by atoms with van der Waals surface area (Å²) in [6.07, 6.45) is 3.05. The number of aliphatic hydroxyl groups is 1. The topological polar surface area (TPSA) is 118 Å². The van der Waals surface area contributed by atoms with Gasteiger partial charge in [-0.15, -0.1) is 5.10 Å². The summed E-state index contributed by atoms with van der Waals surface area (Å²) in [5.74, 6) is 1.89. The van der Waals surface area contributed by atoms with Crippen molar-refractivity contribution in [3.63, 3.8) is 0 Å². The number of aromatic amines is 1. The summed E-state index contributed by atoms with van der Waals surface area (Å²) in [6.45, 7) is 1.89. The Morgan fingerprint density at radius 3 is 2.83 bits per heavy atom. The molecule has 0 radical (unpaired) electrons. The molecule has 0 bridgehead atoms. The van der Waals surface area contributed by atoms with E-state index in [0.29, 0.717) is 44.9 Å². The number of aromatic nitrogens is 5. The fraction of sp³-hybridized carbons (Fsp3) is 0.158. The van der Waals surface area contributed by atoms with Crippen molar-refractivity contribution in [1.29, 1.82) is 0 Å². The van der Waals surface area contributed by atoms with E-state index in [-0.39, 0.29) is 13.2 Å². The van der Waals surface area contributed by atoms with Gasteiger partial charge in [0.05, 0.1) is 17.8 Å². The third-order valence-corrected chi connectivity index (χ3v) is 4.26. The molecule has 0 aliphatic rings. The van der Waals surface area contributed by atoms with Gasteiger partial charge in [-0.2, -0.15) is 0 Å². The molecule has 0 spiro atoms. The maximum absolute atomic E-state index is 8.98. The highest BCUT2D eigenvalue weighted by molar-refractivity contribution is 6.32. The van der Waals surface area contributed by atoms with Crippen molar-refractivity contribution >= 4 is 34.1 Å². The van der Waals surface area contributed by atoms with Gasteiger partial charge in [-0.25, -0.2) is 9.97 Å². The Bertz CT molecular complexity index is 1130. The second-order valence-electron chi connectivity index (χ2n) is 6.05. The summed E-state index contributed by atoms with van der Waals surface area (Å²) in [5.41, 5.74) is 2.10. The molecule has 0 aliphatic carbocycles. The number of H-pyrrole nitrogens is 1. The number of nitrogens with one attached hydrogen (secondary N) is 2. The molecular weight excluding hydrogens is 396 g/mol. The number of hydrogen-bond donors (Lipinski definition) is 3. The number of aryl methyl sites for hydroxylation is 1. The van der Waals surface area contributed by atoms with E-state index in [4.69, 9.17) is 26.2 Å². The van der Waals surface area contributed by atoms with E-state index < -0.39 is 0 Å². The fourth-order valence-corrected chi connectivity index (χ4v) is 2.83. The van der Waals surface area contributed by atoms with Crippen LogP contribution in [0.4, 0.5) is 11.5 Å². The van der Waals surface area contributed by atoms with Crippen LogP contribution in [0.3, 0.4) is 0 Å². The molecule has 0 amide bonds. The molecule has 0 aliphatic heterocycles. The van der Waals surface area contributed by atoms with Crippen molar-refractivity contribution in [2.45, 2.75) is 6.92 Å². The molecule has 3 N–H and O–H groups in total. The molecule has 0 atom stereocenters. The lowest BCUT2D eigenvalue weighted by molar-refractivity contribution is 0.198. The second kappa shape index (κ2) is 8.29. The predicted octanol–water partition coefficient (Wildman–Crippen LogP) is 3.62. The number of anilines is 2. The first-order valence-corrected chi connectivity index (χ1v) is 9.11. The lowest BCUT2D eigenvalue weighted by atomic mass is 10.3. The molecule has 0 unspecified atom stereocenters.